The smallest absolute Gasteiger partial charge is 0.410 e. The Bertz CT molecular complexity index is 806. The topological polar surface area (TPSA) is 59.1 Å². The summed E-state index contributed by atoms with van der Waals surface area (Å²) in [6.45, 7) is 18.1. The van der Waals surface area contributed by atoms with Crippen molar-refractivity contribution in [1.29, 1.82) is 0 Å². The molecule has 2 fully saturated rings. The molecule has 0 bridgehead atoms. The van der Waals surface area contributed by atoms with E-state index < -0.39 is 14.4 Å². The van der Waals surface area contributed by atoms with Gasteiger partial charge < -0.3 is 14.1 Å². The molecule has 31 heavy (non-hydrogen) atoms. The number of cyclic esters (lactones) is 1. The van der Waals surface area contributed by atoms with Crippen LogP contribution in [0.25, 0.3) is 0 Å². The first-order valence-corrected chi connectivity index (χ1v) is 14.2. The van der Waals surface area contributed by atoms with Crippen molar-refractivity contribution in [2.45, 2.75) is 90.4 Å². The molecule has 0 spiro atoms. The van der Waals surface area contributed by atoms with E-state index in [-0.39, 0.29) is 41.1 Å². The minimum atomic E-state index is -2.05. The first kappa shape index (κ1) is 23.8. The molecule has 0 aromatic heterocycles. The summed E-state index contributed by atoms with van der Waals surface area (Å²) in [5, 5.41) is 0.0574. The van der Waals surface area contributed by atoms with E-state index in [9.17, 15) is 9.59 Å². The second kappa shape index (κ2) is 8.58. The van der Waals surface area contributed by atoms with E-state index in [1.54, 1.807) is 4.90 Å². The highest BCUT2D eigenvalue weighted by Crippen LogP contribution is 2.41. The molecule has 6 nitrogen and oxygen atoms in total. The third-order valence-corrected chi connectivity index (χ3v) is 11.8. The van der Waals surface area contributed by atoms with Gasteiger partial charge in [0.2, 0.25) is 5.91 Å². The Labute approximate surface area is 188 Å². The van der Waals surface area contributed by atoms with Gasteiger partial charge in [0.25, 0.3) is 0 Å². The van der Waals surface area contributed by atoms with Crippen LogP contribution < -0.4 is 0 Å². The molecule has 2 heterocycles. The summed E-state index contributed by atoms with van der Waals surface area (Å²) in [5.74, 6) is 0.184. The number of carbonyl (C=O) groups is 2. The zero-order valence-corrected chi connectivity index (χ0v) is 21.2. The predicted octanol–water partition coefficient (Wildman–Crippen LogP) is 4.65. The maximum absolute atomic E-state index is 13.4. The molecule has 0 radical (unpaired) electrons. The standard InChI is InChI=1S/C24H38N2O4Si/c1-16(2)19-15-29-23(28)26(19)21-20(17(3)30-31(7,8)24(4,5)6)25(22(21)27)14-18-12-10-9-11-13-18/h9-13,16-17,19-21H,14-15H2,1-8H3/t17-,19+,20+,21-/m0/s1. The van der Waals surface area contributed by atoms with Gasteiger partial charge in [-0.1, -0.05) is 65.0 Å². The molecule has 2 amide bonds. The number of ether oxygens (including phenoxy) is 1. The first-order chi connectivity index (χ1) is 14.3. The molecule has 0 unspecified atom stereocenters. The van der Waals surface area contributed by atoms with Crippen LogP contribution in [0.3, 0.4) is 0 Å². The van der Waals surface area contributed by atoms with Crippen LogP contribution in [0.15, 0.2) is 30.3 Å². The van der Waals surface area contributed by atoms with Gasteiger partial charge >= 0.3 is 6.09 Å². The number of amides is 2. The molecule has 4 atom stereocenters. The molecule has 7 heteroatoms. The largest absolute Gasteiger partial charge is 0.447 e. The molecule has 1 aromatic carbocycles. The summed E-state index contributed by atoms with van der Waals surface area (Å²) in [6.07, 6.45) is -0.575. The molecule has 2 aliphatic rings. The van der Waals surface area contributed by atoms with Crippen LogP contribution >= 0.6 is 0 Å². The van der Waals surface area contributed by atoms with Gasteiger partial charge in [0, 0.05) is 6.54 Å². The van der Waals surface area contributed by atoms with Crippen molar-refractivity contribution in [2.75, 3.05) is 6.61 Å². The molecular formula is C24H38N2O4Si. The van der Waals surface area contributed by atoms with E-state index in [0.29, 0.717) is 13.2 Å². The van der Waals surface area contributed by atoms with Crippen LogP contribution in [-0.4, -0.2) is 61.0 Å². The lowest BCUT2D eigenvalue weighted by atomic mass is 9.87. The van der Waals surface area contributed by atoms with Gasteiger partial charge in [0.15, 0.2) is 8.32 Å². The van der Waals surface area contributed by atoms with E-state index in [0.717, 1.165) is 5.56 Å². The van der Waals surface area contributed by atoms with Crippen LogP contribution in [0.2, 0.25) is 18.1 Å². The Balaban J connectivity index is 1.90. The van der Waals surface area contributed by atoms with Crippen molar-refractivity contribution < 1.29 is 18.8 Å². The van der Waals surface area contributed by atoms with Gasteiger partial charge in [-0.05, 0) is 36.5 Å². The monoisotopic (exact) mass is 446 g/mol. The van der Waals surface area contributed by atoms with E-state index in [4.69, 9.17) is 9.16 Å². The second-order valence-corrected chi connectivity index (χ2v) is 15.5. The van der Waals surface area contributed by atoms with Gasteiger partial charge in [-0.25, -0.2) is 4.79 Å². The maximum atomic E-state index is 13.4. The average molecular weight is 447 g/mol. The summed E-state index contributed by atoms with van der Waals surface area (Å²) < 4.78 is 12.1. The highest BCUT2D eigenvalue weighted by atomic mass is 28.4. The van der Waals surface area contributed by atoms with Crippen molar-refractivity contribution in [3.63, 3.8) is 0 Å². The number of hydrogen-bond acceptors (Lipinski definition) is 4. The van der Waals surface area contributed by atoms with Gasteiger partial charge in [0.1, 0.15) is 12.6 Å². The molecule has 1 aromatic rings. The average Bonchev–Trinajstić information content (AvgIpc) is 3.04. The Hall–Kier alpha value is -1.86. The van der Waals surface area contributed by atoms with E-state index >= 15 is 0 Å². The van der Waals surface area contributed by atoms with Crippen LogP contribution in [0.5, 0.6) is 0 Å². The normalized spacial score (nSPS) is 25.6. The number of nitrogens with zero attached hydrogens (tertiary/aromatic N) is 2. The fraction of sp³-hybridized carbons (Fsp3) is 0.667. The minimum absolute atomic E-state index is 0.0240. The van der Waals surface area contributed by atoms with Crippen molar-refractivity contribution >= 4 is 20.3 Å². The van der Waals surface area contributed by atoms with Gasteiger partial charge in [-0.15, -0.1) is 0 Å². The first-order valence-electron chi connectivity index (χ1n) is 11.3. The number of likely N-dealkylation sites (tertiary alicyclic amines) is 1. The predicted molar refractivity (Wildman–Crippen MR) is 124 cm³/mol. The highest BCUT2D eigenvalue weighted by Gasteiger charge is 2.58. The summed E-state index contributed by atoms with van der Waals surface area (Å²) in [4.78, 5) is 29.6. The lowest BCUT2D eigenvalue weighted by Gasteiger charge is -2.54. The third-order valence-electron chi connectivity index (χ3n) is 7.20. The summed E-state index contributed by atoms with van der Waals surface area (Å²) in [6, 6.07) is 9.15. The highest BCUT2D eigenvalue weighted by molar-refractivity contribution is 6.74. The third kappa shape index (κ3) is 4.53. The Morgan fingerprint density at radius 3 is 2.29 bits per heavy atom. The summed E-state index contributed by atoms with van der Waals surface area (Å²) in [5.41, 5.74) is 1.07. The zero-order valence-electron chi connectivity index (χ0n) is 20.2. The fourth-order valence-electron chi connectivity index (χ4n) is 4.30. The van der Waals surface area contributed by atoms with E-state index in [2.05, 4.69) is 47.7 Å². The maximum Gasteiger partial charge on any atom is 0.410 e. The van der Waals surface area contributed by atoms with Crippen molar-refractivity contribution in [2.24, 2.45) is 5.92 Å². The van der Waals surface area contributed by atoms with Crippen molar-refractivity contribution in [3.05, 3.63) is 35.9 Å². The number of benzene rings is 1. The number of rotatable bonds is 7. The molecule has 0 N–H and O–H groups in total. The zero-order chi connectivity index (χ0) is 23.1. The fourth-order valence-corrected chi connectivity index (χ4v) is 5.72. The van der Waals surface area contributed by atoms with E-state index in [1.807, 2.05) is 42.2 Å². The molecule has 0 aliphatic carbocycles. The number of β-lactam (4-membered cyclic amide) rings is 1. The Morgan fingerprint density at radius 1 is 1.13 bits per heavy atom. The van der Waals surface area contributed by atoms with Gasteiger partial charge in [0.05, 0.1) is 18.2 Å². The summed E-state index contributed by atoms with van der Waals surface area (Å²) >= 11 is 0. The molecule has 2 aliphatic heterocycles. The molecular weight excluding hydrogens is 408 g/mol. The molecule has 172 valence electrons. The number of carbonyl (C=O) groups excluding carboxylic acids is 2. The van der Waals surface area contributed by atoms with Crippen LogP contribution in [-0.2, 0) is 20.5 Å². The molecule has 0 saturated carbocycles. The van der Waals surface area contributed by atoms with Gasteiger partial charge in [-0.2, -0.15) is 0 Å². The molecule has 2 saturated heterocycles. The van der Waals surface area contributed by atoms with Crippen molar-refractivity contribution in [1.82, 2.24) is 9.80 Å². The lowest BCUT2D eigenvalue weighted by molar-refractivity contribution is -0.166. The quantitative estimate of drug-likeness (QED) is 0.452. The van der Waals surface area contributed by atoms with Crippen LogP contribution in [0.4, 0.5) is 4.79 Å². The molecule has 3 rings (SSSR count). The SMILES string of the molecule is CC(C)[C@H]1COC(=O)N1[C@@H]1C(=O)N(Cc2ccccc2)[C@@H]1[C@H](C)O[Si](C)(C)C(C)(C)C. The van der Waals surface area contributed by atoms with Gasteiger partial charge in [-0.3, -0.25) is 9.69 Å². The number of hydrogen-bond donors (Lipinski definition) is 0. The van der Waals surface area contributed by atoms with Crippen molar-refractivity contribution in [3.8, 4) is 0 Å². The van der Waals surface area contributed by atoms with Crippen LogP contribution in [0, 0.1) is 5.92 Å². The van der Waals surface area contributed by atoms with E-state index in [1.165, 1.54) is 0 Å². The Morgan fingerprint density at radius 2 is 1.74 bits per heavy atom. The second-order valence-electron chi connectivity index (χ2n) is 10.8. The minimum Gasteiger partial charge on any atom is -0.447 e. The van der Waals surface area contributed by atoms with Crippen LogP contribution in [0.1, 0.15) is 47.1 Å². The Kier molecular flexibility index (Phi) is 6.59. The lowest BCUT2D eigenvalue weighted by Crippen LogP contribution is -2.75. The summed E-state index contributed by atoms with van der Waals surface area (Å²) in [7, 11) is -2.05.